The topological polar surface area (TPSA) is 51.6 Å². The molecule has 4 rings (SSSR count). The zero-order valence-electron chi connectivity index (χ0n) is 13.2. The Hall–Kier alpha value is -0.950. The second-order valence-electron chi connectivity index (χ2n) is 6.59. The highest BCUT2D eigenvalue weighted by Gasteiger charge is 2.25. The van der Waals surface area contributed by atoms with Crippen molar-refractivity contribution in [3.63, 3.8) is 0 Å². The first-order valence-electron chi connectivity index (χ1n) is 8.58. The number of piperidine rings is 1. The summed E-state index contributed by atoms with van der Waals surface area (Å²) in [5.74, 6) is 0. The zero-order chi connectivity index (χ0) is 14.8. The third-order valence-electron chi connectivity index (χ3n) is 5.15. The summed E-state index contributed by atoms with van der Waals surface area (Å²) in [5.41, 5.74) is 2.79. The van der Waals surface area contributed by atoms with Gasteiger partial charge in [-0.3, -0.25) is 4.68 Å². The van der Waals surface area contributed by atoms with E-state index in [0.717, 1.165) is 59.0 Å². The van der Waals surface area contributed by atoms with Crippen molar-refractivity contribution in [2.24, 2.45) is 0 Å². The Morgan fingerprint density at radius 2 is 2.18 bits per heavy atom. The van der Waals surface area contributed by atoms with Crippen LogP contribution in [0.3, 0.4) is 0 Å². The van der Waals surface area contributed by atoms with Gasteiger partial charge in [0.1, 0.15) is 0 Å². The minimum Gasteiger partial charge on any atom is -0.379 e. The van der Waals surface area contributed by atoms with Crippen LogP contribution >= 0.6 is 0 Å². The molecule has 1 aromatic rings. The lowest BCUT2D eigenvalue weighted by Gasteiger charge is -2.32. The summed E-state index contributed by atoms with van der Waals surface area (Å²) in [4.78, 5) is 2.52. The molecular formula is C16H26N4O2. The molecule has 0 radical (unpaired) electrons. The van der Waals surface area contributed by atoms with Crippen LogP contribution < -0.4 is 5.32 Å². The molecule has 4 heterocycles. The first kappa shape index (κ1) is 14.6. The van der Waals surface area contributed by atoms with E-state index in [4.69, 9.17) is 9.47 Å². The Labute approximate surface area is 131 Å². The quantitative estimate of drug-likeness (QED) is 0.877. The fourth-order valence-electron chi connectivity index (χ4n) is 3.78. The minimum atomic E-state index is 0.330. The largest absolute Gasteiger partial charge is 0.379 e. The van der Waals surface area contributed by atoms with Gasteiger partial charge in [-0.2, -0.15) is 5.10 Å². The Kier molecular flexibility index (Phi) is 4.43. The van der Waals surface area contributed by atoms with Crippen LogP contribution in [0.25, 0.3) is 0 Å². The van der Waals surface area contributed by atoms with Gasteiger partial charge in [-0.05, 0) is 19.3 Å². The molecule has 3 aliphatic heterocycles. The molecule has 1 unspecified atom stereocenters. The number of rotatable bonds is 5. The SMILES string of the molecule is c1nn(C2CCN(CCOC3CCOC3)CC2)c2c1CNC2. The molecule has 2 saturated heterocycles. The van der Waals surface area contributed by atoms with Gasteiger partial charge in [-0.25, -0.2) is 0 Å². The predicted molar refractivity (Wildman–Crippen MR) is 82.7 cm³/mol. The van der Waals surface area contributed by atoms with Gasteiger partial charge in [-0.1, -0.05) is 0 Å². The van der Waals surface area contributed by atoms with E-state index in [1.807, 2.05) is 6.20 Å². The lowest BCUT2D eigenvalue weighted by atomic mass is 10.0. The second-order valence-corrected chi connectivity index (χ2v) is 6.59. The van der Waals surface area contributed by atoms with Crippen LogP contribution in [0, 0.1) is 0 Å². The molecule has 6 nitrogen and oxygen atoms in total. The van der Waals surface area contributed by atoms with E-state index in [2.05, 4.69) is 20.0 Å². The first-order valence-corrected chi connectivity index (χ1v) is 8.58. The molecule has 0 aliphatic carbocycles. The molecule has 3 aliphatic rings. The lowest BCUT2D eigenvalue weighted by molar-refractivity contribution is 0.0248. The van der Waals surface area contributed by atoms with E-state index in [0.29, 0.717) is 12.1 Å². The van der Waals surface area contributed by atoms with Gasteiger partial charge in [0.05, 0.1) is 37.3 Å². The van der Waals surface area contributed by atoms with Gasteiger partial charge >= 0.3 is 0 Å². The van der Waals surface area contributed by atoms with Crippen molar-refractivity contribution in [3.05, 3.63) is 17.5 Å². The van der Waals surface area contributed by atoms with E-state index >= 15 is 0 Å². The average Bonchev–Trinajstić information content (AvgIpc) is 3.26. The van der Waals surface area contributed by atoms with Gasteiger partial charge in [0.15, 0.2) is 0 Å². The highest BCUT2D eigenvalue weighted by molar-refractivity contribution is 5.22. The summed E-state index contributed by atoms with van der Waals surface area (Å²) >= 11 is 0. The first-order chi connectivity index (χ1) is 10.9. The summed E-state index contributed by atoms with van der Waals surface area (Å²) in [7, 11) is 0. The smallest absolute Gasteiger partial charge is 0.0831 e. The summed E-state index contributed by atoms with van der Waals surface area (Å²) in [6.45, 7) is 7.78. The number of ether oxygens (including phenoxy) is 2. The molecule has 0 bridgehead atoms. The maximum absolute atomic E-state index is 5.87. The fourth-order valence-corrected chi connectivity index (χ4v) is 3.78. The standard InChI is InChI=1S/C16H26N4O2/c1-4-19(6-8-22-15-3-7-21-12-15)5-2-14(1)20-16-11-17-9-13(16)10-18-20/h10,14-15,17H,1-9,11-12H2. The minimum absolute atomic E-state index is 0.330. The summed E-state index contributed by atoms with van der Waals surface area (Å²) in [6.07, 6.45) is 5.82. The Balaban J connectivity index is 1.22. The maximum Gasteiger partial charge on any atom is 0.0831 e. The number of aromatic nitrogens is 2. The molecule has 122 valence electrons. The van der Waals surface area contributed by atoms with Crippen LogP contribution in [-0.4, -0.2) is 60.2 Å². The third kappa shape index (κ3) is 3.06. The van der Waals surface area contributed by atoms with Gasteiger partial charge in [-0.15, -0.1) is 0 Å². The van der Waals surface area contributed by atoms with Crippen LogP contribution in [-0.2, 0) is 22.6 Å². The second kappa shape index (κ2) is 6.66. The Bertz CT molecular complexity index is 490. The maximum atomic E-state index is 5.87. The van der Waals surface area contributed by atoms with Crippen LogP contribution in [0.2, 0.25) is 0 Å². The number of hydrogen-bond donors (Lipinski definition) is 1. The van der Waals surface area contributed by atoms with E-state index in [-0.39, 0.29) is 0 Å². The molecule has 0 aromatic carbocycles. The molecule has 1 aromatic heterocycles. The third-order valence-corrected chi connectivity index (χ3v) is 5.15. The van der Waals surface area contributed by atoms with E-state index in [9.17, 15) is 0 Å². The average molecular weight is 306 g/mol. The normalized spacial score (nSPS) is 26.6. The lowest BCUT2D eigenvalue weighted by Crippen LogP contribution is -2.37. The highest BCUT2D eigenvalue weighted by Crippen LogP contribution is 2.26. The van der Waals surface area contributed by atoms with Gasteiger partial charge < -0.3 is 19.7 Å². The van der Waals surface area contributed by atoms with Crippen molar-refractivity contribution in [3.8, 4) is 0 Å². The Morgan fingerprint density at radius 3 is 3.00 bits per heavy atom. The molecule has 22 heavy (non-hydrogen) atoms. The van der Waals surface area contributed by atoms with Gasteiger partial charge in [0, 0.05) is 44.9 Å². The summed E-state index contributed by atoms with van der Waals surface area (Å²) in [6, 6.07) is 0.573. The van der Waals surface area contributed by atoms with E-state index in [1.165, 1.54) is 24.1 Å². The fraction of sp³-hybridized carbons (Fsp3) is 0.812. The van der Waals surface area contributed by atoms with E-state index < -0.39 is 0 Å². The zero-order valence-corrected chi connectivity index (χ0v) is 13.2. The van der Waals surface area contributed by atoms with Crippen molar-refractivity contribution < 1.29 is 9.47 Å². The number of nitrogens with one attached hydrogen (secondary N) is 1. The number of hydrogen-bond acceptors (Lipinski definition) is 5. The molecule has 1 N–H and O–H groups in total. The van der Waals surface area contributed by atoms with Crippen molar-refractivity contribution in [2.75, 3.05) is 39.5 Å². The molecule has 6 heteroatoms. The van der Waals surface area contributed by atoms with Crippen molar-refractivity contribution >= 4 is 0 Å². The van der Waals surface area contributed by atoms with Crippen molar-refractivity contribution in [2.45, 2.75) is 44.5 Å². The van der Waals surface area contributed by atoms with Crippen LogP contribution in [0.1, 0.15) is 36.6 Å². The monoisotopic (exact) mass is 306 g/mol. The molecule has 0 amide bonds. The molecule has 1 atom stereocenters. The highest BCUT2D eigenvalue weighted by atomic mass is 16.5. The number of likely N-dealkylation sites (tertiary alicyclic amines) is 1. The number of nitrogens with zero attached hydrogens (tertiary/aromatic N) is 3. The molecular weight excluding hydrogens is 280 g/mol. The molecule has 0 saturated carbocycles. The van der Waals surface area contributed by atoms with Crippen LogP contribution in [0.5, 0.6) is 0 Å². The van der Waals surface area contributed by atoms with Crippen LogP contribution in [0.15, 0.2) is 6.20 Å². The predicted octanol–water partition coefficient (Wildman–Crippen LogP) is 0.929. The number of fused-ring (bicyclic) bond motifs is 1. The Morgan fingerprint density at radius 1 is 1.27 bits per heavy atom. The van der Waals surface area contributed by atoms with Gasteiger partial charge in [0.2, 0.25) is 0 Å². The van der Waals surface area contributed by atoms with Gasteiger partial charge in [0.25, 0.3) is 0 Å². The molecule has 0 spiro atoms. The molecule has 2 fully saturated rings. The van der Waals surface area contributed by atoms with Crippen molar-refractivity contribution in [1.29, 1.82) is 0 Å². The van der Waals surface area contributed by atoms with Crippen LogP contribution in [0.4, 0.5) is 0 Å². The van der Waals surface area contributed by atoms with Crippen molar-refractivity contribution in [1.82, 2.24) is 20.0 Å². The summed E-state index contributed by atoms with van der Waals surface area (Å²) < 4.78 is 13.5. The van der Waals surface area contributed by atoms with E-state index in [1.54, 1.807) is 0 Å². The summed E-state index contributed by atoms with van der Waals surface area (Å²) in [5, 5.41) is 8.03.